The summed E-state index contributed by atoms with van der Waals surface area (Å²) < 4.78 is 0. The van der Waals surface area contributed by atoms with Gasteiger partial charge in [0.1, 0.15) is 0 Å². The van der Waals surface area contributed by atoms with Crippen molar-refractivity contribution in [1.29, 1.82) is 0 Å². The van der Waals surface area contributed by atoms with E-state index < -0.39 is 0 Å². The molecule has 106 valence electrons. The Hall–Kier alpha value is -1.02. The van der Waals surface area contributed by atoms with E-state index in [4.69, 9.17) is 0 Å². The monoisotopic (exact) mass is 260 g/mol. The molecule has 2 rings (SSSR count). The molecule has 2 heteroatoms. The van der Waals surface area contributed by atoms with Gasteiger partial charge in [-0.05, 0) is 55.9 Å². The zero-order chi connectivity index (χ0) is 14.0. The summed E-state index contributed by atoms with van der Waals surface area (Å²) in [5, 5.41) is 3.59. The average Bonchev–Trinajstić information content (AvgIpc) is 3.19. The van der Waals surface area contributed by atoms with E-state index in [1.807, 2.05) is 0 Å². The third-order valence-electron chi connectivity index (χ3n) is 4.47. The molecule has 1 atom stereocenters. The highest BCUT2D eigenvalue weighted by atomic mass is 15.1. The van der Waals surface area contributed by atoms with Crippen LogP contribution < -0.4 is 10.2 Å². The molecule has 1 fully saturated rings. The van der Waals surface area contributed by atoms with E-state index in [9.17, 15) is 0 Å². The summed E-state index contributed by atoms with van der Waals surface area (Å²) in [7, 11) is 2.20. The van der Waals surface area contributed by atoms with E-state index in [1.54, 1.807) is 0 Å². The van der Waals surface area contributed by atoms with Gasteiger partial charge >= 0.3 is 0 Å². The molecular weight excluding hydrogens is 232 g/mol. The molecule has 1 aromatic rings. The minimum atomic E-state index is 0.565. The summed E-state index contributed by atoms with van der Waals surface area (Å²) in [4.78, 5) is 2.38. The predicted molar refractivity (Wildman–Crippen MR) is 83.7 cm³/mol. The van der Waals surface area contributed by atoms with Crippen LogP contribution in [0.3, 0.4) is 0 Å². The summed E-state index contributed by atoms with van der Waals surface area (Å²) in [5.74, 6) is 0.668. The highest BCUT2D eigenvalue weighted by molar-refractivity contribution is 5.51. The Morgan fingerprint density at radius 1 is 1.26 bits per heavy atom. The van der Waals surface area contributed by atoms with Crippen molar-refractivity contribution >= 4 is 5.69 Å². The van der Waals surface area contributed by atoms with Crippen LogP contribution in [0.15, 0.2) is 18.2 Å². The lowest BCUT2D eigenvalue weighted by molar-refractivity contribution is 0.505. The molecule has 1 aliphatic rings. The van der Waals surface area contributed by atoms with Crippen molar-refractivity contribution in [3.63, 3.8) is 0 Å². The normalized spacial score (nSPS) is 16.7. The zero-order valence-corrected chi connectivity index (χ0v) is 13.0. The summed E-state index contributed by atoms with van der Waals surface area (Å²) in [6, 6.07) is 8.21. The predicted octanol–water partition coefficient (Wildman–Crippen LogP) is 3.73. The second-order valence-electron chi connectivity index (χ2n) is 6.36. The first-order valence-corrected chi connectivity index (χ1v) is 7.54. The van der Waals surface area contributed by atoms with Gasteiger partial charge in [-0.1, -0.05) is 19.9 Å². The third-order valence-corrected chi connectivity index (χ3v) is 4.47. The largest absolute Gasteiger partial charge is 0.372 e. The van der Waals surface area contributed by atoms with Crippen molar-refractivity contribution in [3.05, 3.63) is 29.3 Å². The van der Waals surface area contributed by atoms with E-state index in [-0.39, 0.29) is 0 Å². The second kappa shape index (κ2) is 5.96. The topological polar surface area (TPSA) is 15.3 Å². The van der Waals surface area contributed by atoms with Crippen LogP contribution in [0.25, 0.3) is 0 Å². The lowest BCUT2D eigenvalue weighted by Crippen LogP contribution is -2.33. The van der Waals surface area contributed by atoms with Gasteiger partial charge < -0.3 is 10.2 Å². The van der Waals surface area contributed by atoms with Crippen molar-refractivity contribution in [3.8, 4) is 0 Å². The van der Waals surface area contributed by atoms with Crippen molar-refractivity contribution in [1.82, 2.24) is 5.32 Å². The number of anilines is 1. The third kappa shape index (κ3) is 3.73. The molecule has 1 saturated carbocycles. The standard InChI is InChI=1S/C17H28N2/c1-12(2)14(4)19(5)17-9-6-15(13(3)10-17)11-18-16-7-8-16/h6,9-10,12,14,16,18H,7-8,11H2,1-5H3. The fourth-order valence-corrected chi connectivity index (χ4v) is 2.32. The molecule has 19 heavy (non-hydrogen) atoms. The van der Waals surface area contributed by atoms with Crippen LogP contribution in [0, 0.1) is 12.8 Å². The SMILES string of the molecule is Cc1cc(N(C)C(C)C(C)C)ccc1CNC1CC1. The van der Waals surface area contributed by atoms with Gasteiger partial charge in [-0.25, -0.2) is 0 Å². The molecule has 1 N–H and O–H groups in total. The molecule has 0 spiro atoms. The van der Waals surface area contributed by atoms with Gasteiger partial charge in [0.05, 0.1) is 0 Å². The average molecular weight is 260 g/mol. The van der Waals surface area contributed by atoms with Crippen LogP contribution in [-0.4, -0.2) is 19.1 Å². The van der Waals surface area contributed by atoms with Gasteiger partial charge in [0.15, 0.2) is 0 Å². The summed E-state index contributed by atoms with van der Waals surface area (Å²) >= 11 is 0. The van der Waals surface area contributed by atoms with Crippen LogP contribution in [0.1, 0.15) is 44.7 Å². The Labute approximate surface area is 118 Å². The number of rotatable bonds is 6. The number of nitrogens with zero attached hydrogens (tertiary/aromatic N) is 1. The molecule has 0 bridgehead atoms. The first-order valence-electron chi connectivity index (χ1n) is 7.54. The quantitative estimate of drug-likeness (QED) is 0.838. The first kappa shape index (κ1) is 14.4. The molecule has 1 aromatic carbocycles. The fraction of sp³-hybridized carbons (Fsp3) is 0.647. The molecular formula is C17H28N2. The minimum absolute atomic E-state index is 0.565. The Balaban J connectivity index is 2.04. The molecule has 0 aliphatic heterocycles. The lowest BCUT2D eigenvalue weighted by atomic mass is 10.0. The highest BCUT2D eigenvalue weighted by Gasteiger charge is 2.20. The molecule has 2 nitrogen and oxygen atoms in total. The number of nitrogens with one attached hydrogen (secondary N) is 1. The van der Waals surface area contributed by atoms with E-state index in [2.05, 4.69) is 63.2 Å². The molecule has 1 unspecified atom stereocenters. The lowest BCUT2D eigenvalue weighted by Gasteiger charge is -2.30. The molecule has 0 radical (unpaired) electrons. The molecule has 0 amide bonds. The summed E-state index contributed by atoms with van der Waals surface area (Å²) in [6.45, 7) is 10.1. The molecule has 0 aromatic heterocycles. The minimum Gasteiger partial charge on any atom is -0.372 e. The number of hydrogen-bond donors (Lipinski definition) is 1. The van der Waals surface area contributed by atoms with Crippen molar-refractivity contribution < 1.29 is 0 Å². The maximum atomic E-state index is 3.59. The Kier molecular flexibility index (Phi) is 4.51. The Morgan fingerprint density at radius 2 is 1.95 bits per heavy atom. The molecule has 0 heterocycles. The Morgan fingerprint density at radius 3 is 2.47 bits per heavy atom. The molecule has 1 aliphatic carbocycles. The van der Waals surface area contributed by atoms with Gasteiger partial charge in [0.2, 0.25) is 0 Å². The van der Waals surface area contributed by atoms with Gasteiger partial charge in [-0.3, -0.25) is 0 Å². The number of aryl methyl sites for hydroxylation is 1. The van der Waals surface area contributed by atoms with Gasteiger partial charge in [0.25, 0.3) is 0 Å². The van der Waals surface area contributed by atoms with E-state index in [0.717, 1.165) is 12.6 Å². The zero-order valence-electron chi connectivity index (χ0n) is 13.0. The summed E-state index contributed by atoms with van der Waals surface area (Å²) in [5.41, 5.74) is 4.16. The number of hydrogen-bond acceptors (Lipinski definition) is 2. The summed E-state index contributed by atoms with van der Waals surface area (Å²) in [6.07, 6.45) is 2.71. The molecule has 0 saturated heterocycles. The van der Waals surface area contributed by atoms with Crippen molar-refractivity contribution in [2.24, 2.45) is 5.92 Å². The first-order chi connectivity index (χ1) is 8.99. The maximum absolute atomic E-state index is 3.59. The van der Waals surface area contributed by atoms with Crippen LogP contribution >= 0.6 is 0 Å². The van der Waals surface area contributed by atoms with Crippen molar-refractivity contribution in [2.75, 3.05) is 11.9 Å². The van der Waals surface area contributed by atoms with Crippen LogP contribution in [0.4, 0.5) is 5.69 Å². The van der Waals surface area contributed by atoms with E-state index in [1.165, 1.54) is 29.7 Å². The van der Waals surface area contributed by atoms with E-state index in [0.29, 0.717) is 12.0 Å². The van der Waals surface area contributed by atoms with Crippen molar-refractivity contribution in [2.45, 2.75) is 59.2 Å². The fourth-order valence-electron chi connectivity index (χ4n) is 2.32. The highest BCUT2D eigenvalue weighted by Crippen LogP contribution is 2.24. The van der Waals surface area contributed by atoms with Gasteiger partial charge in [-0.15, -0.1) is 0 Å². The van der Waals surface area contributed by atoms with Crippen LogP contribution in [-0.2, 0) is 6.54 Å². The second-order valence-corrected chi connectivity index (χ2v) is 6.36. The van der Waals surface area contributed by atoms with Gasteiger partial charge in [0, 0.05) is 31.4 Å². The Bertz CT molecular complexity index is 421. The maximum Gasteiger partial charge on any atom is 0.0368 e. The van der Waals surface area contributed by atoms with E-state index >= 15 is 0 Å². The van der Waals surface area contributed by atoms with Crippen LogP contribution in [0.2, 0.25) is 0 Å². The van der Waals surface area contributed by atoms with Crippen LogP contribution in [0.5, 0.6) is 0 Å². The number of benzene rings is 1. The van der Waals surface area contributed by atoms with Gasteiger partial charge in [-0.2, -0.15) is 0 Å². The smallest absolute Gasteiger partial charge is 0.0368 e.